The number of ether oxygens (including phenoxy) is 3. The SMILES string of the molecule is B[C@@H]1O[C@@H]2COCOC2[C@@H]1O. The number of rotatable bonds is 0. The molecule has 2 saturated heterocycles. The molecule has 4 atom stereocenters. The lowest BCUT2D eigenvalue weighted by molar-refractivity contribution is -0.187. The Balaban J connectivity index is 2.05. The van der Waals surface area contributed by atoms with Gasteiger partial charge in [0.25, 0.3) is 0 Å². The van der Waals surface area contributed by atoms with Crippen LogP contribution in [0.1, 0.15) is 0 Å². The molecule has 0 aromatic carbocycles. The van der Waals surface area contributed by atoms with E-state index in [1.54, 1.807) is 0 Å². The summed E-state index contributed by atoms with van der Waals surface area (Å²) in [6.45, 7) is 0.806. The van der Waals surface area contributed by atoms with Crippen LogP contribution in [0.25, 0.3) is 0 Å². The summed E-state index contributed by atoms with van der Waals surface area (Å²) in [4.78, 5) is 0. The molecule has 0 aromatic rings. The largest absolute Gasteiger partial charge is 0.388 e. The highest BCUT2D eigenvalue weighted by molar-refractivity contribution is 6.11. The van der Waals surface area contributed by atoms with E-state index in [1.807, 2.05) is 7.85 Å². The fourth-order valence-corrected chi connectivity index (χ4v) is 1.55. The molecule has 2 heterocycles. The van der Waals surface area contributed by atoms with Gasteiger partial charge < -0.3 is 19.3 Å². The molecule has 2 aliphatic heterocycles. The molecule has 4 nitrogen and oxygen atoms in total. The Morgan fingerprint density at radius 1 is 1.45 bits per heavy atom. The normalized spacial score (nSPS) is 50.6. The summed E-state index contributed by atoms with van der Waals surface area (Å²) in [6.07, 6.45) is -0.753. The van der Waals surface area contributed by atoms with Gasteiger partial charge >= 0.3 is 0 Å². The average molecular weight is 158 g/mol. The van der Waals surface area contributed by atoms with Crippen LogP contribution in [-0.2, 0) is 14.2 Å². The molecule has 11 heavy (non-hydrogen) atoms. The maximum Gasteiger partial charge on any atom is 0.147 e. The second-order valence-electron chi connectivity index (χ2n) is 2.99. The van der Waals surface area contributed by atoms with Crippen molar-refractivity contribution in [1.29, 1.82) is 0 Å². The summed E-state index contributed by atoms with van der Waals surface area (Å²) in [5.41, 5.74) is 0. The maximum absolute atomic E-state index is 9.49. The number of hydrogen-bond donors (Lipinski definition) is 1. The molecule has 0 spiro atoms. The first-order chi connectivity index (χ1) is 5.29. The van der Waals surface area contributed by atoms with Gasteiger partial charge in [0, 0.05) is 0 Å². The molecular weight excluding hydrogens is 147 g/mol. The minimum Gasteiger partial charge on any atom is -0.388 e. The number of aliphatic hydroxyl groups is 1. The van der Waals surface area contributed by atoms with Crippen molar-refractivity contribution in [1.82, 2.24) is 0 Å². The standard InChI is InChI=1S/C6H11BO4/c7-6-4(8)5-3(11-6)1-9-2-10-5/h3-6,8H,1-2,7H2/t3-,4+,5?,6-/m1/s1. The average Bonchev–Trinajstić information content (AvgIpc) is 2.30. The lowest BCUT2D eigenvalue weighted by atomic mass is 9.93. The van der Waals surface area contributed by atoms with Crippen LogP contribution in [0.2, 0.25) is 0 Å². The van der Waals surface area contributed by atoms with Crippen LogP contribution in [0.4, 0.5) is 0 Å². The molecule has 0 saturated carbocycles. The first kappa shape index (κ1) is 7.55. The molecule has 1 unspecified atom stereocenters. The molecule has 0 amide bonds. The zero-order chi connectivity index (χ0) is 7.84. The van der Waals surface area contributed by atoms with Crippen LogP contribution < -0.4 is 0 Å². The van der Waals surface area contributed by atoms with Gasteiger partial charge in [-0.1, -0.05) is 0 Å². The van der Waals surface area contributed by atoms with Gasteiger partial charge in [-0.15, -0.1) is 0 Å². The Hall–Kier alpha value is -0.0951. The number of hydrogen-bond acceptors (Lipinski definition) is 4. The number of fused-ring (bicyclic) bond motifs is 1. The van der Waals surface area contributed by atoms with Gasteiger partial charge in [-0.2, -0.15) is 0 Å². The van der Waals surface area contributed by atoms with E-state index in [0.717, 1.165) is 0 Å². The smallest absolute Gasteiger partial charge is 0.147 e. The van der Waals surface area contributed by atoms with E-state index in [-0.39, 0.29) is 25.0 Å². The van der Waals surface area contributed by atoms with Gasteiger partial charge in [-0.05, 0) is 0 Å². The van der Waals surface area contributed by atoms with Gasteiger partial charge in [0.15, 0.2) is 0 Å². The minimum absolute atomic E-state index is 0.0752. The minimum atomic E-state index is -0.496. The van der Waals surface area contributed by atoms with Gasteiger partial charge in [0.05, 0.1) is 12.6 Å². The lowest BCUT2D eigenvalue weighted by Gasteiger charge is -2.25. The summed E-state index contributed by atoms with van der Waals surface area (Å²) in [5.74, 6) is 0. The van der Waals surface area contributed by atoms with Crippen molar-refractivity contribution in [3.8, 4) is 0 Å². The predicted octanol–water partition coefficient (Wildman–Crippen LogP) is -1.92. The third-order valence-corrected chi connectivity index (χ3v) is 2.20. The zero-order valence-electron chi connectivity index (χ0n) is 6.40. The highest BCUT2D eigenvalue weighted by Crippen LogP contribution is 2.24. The Kier molecular flexibility index (Phi) is 1.89. The summed E-state index contributed by atoms with van der Waals surface area (Å²) >= 11 is 0. The molecule has 1 N–H and O–H groups in total. The fraction of sp³-hybridized carbons (Fsp3) is 1.00. The first-order valence-electron chi connectivity index (χ1n) is 3.82. The van der Waals surface area contributed by atoms with Crippen molar-refractivity contribution in [2.75, 3.05) is 13.4 Å². The Bertz CT molecular complexity index is 154. The van der Waals surface area contributed by atoms with E-state index in [4.69, 9.17) is 14.2 Å². The van der Waals surface area contributed by atoms with Crippen molar-refractivity contribution >= 4 is 7.85 Å². The predicted molar refractivity (Wildman–Crippen MR) is 38.9 cm³/mol. The van der Waals surface area contributed by atoms with Crippen LogP contribution in [0, 0.1) is 0 Å². The molecule has 0 radical (unpaired) electrons. The Labute approximate surface area is 65.8 Å². The van der Waals surface area contributed by atoms with Crippen LogP contribution in [0.15, 0.2) is 0 Å². The number of aliphatic hydroxyl groups excluding tert-OH is 1. The van der Waals surface area contributed by atoms with Crippen LogP contribution >= 0.6 is 0 Å². The van der Waals surface area contributed by atoms with Crippen LogP contribution in [-0.4, -0.2) is 50.7 Å². The molecule has 5 heteroatoms. The van der Waals surface area contributed by atoms with E-state index in [1.165, 1.54) is 0 Å². The molecule has 2 aliphatic rings. The molecule has 0 bridgehead atoms. The highest BCUT2D eigenvalue weighted by atomic mass is 16.7. The van der Waals surface area contributed by atoms with Crippen molar-refractivity contribution in [2.45, 2.75) is 24.3 Å². The highest BCUT2D eigenvalue weighted by Gasteiger charge is 2.43. The molecule has 62 valence electrons. The van der Waals surface area contributed by atoms with Crippen molar-refractivity contribution < 1.29 is 19.3 Å². The zero-order valence-corrected chi connectivity index (χ0v) is 6.40. The third-order valence-electron chi connectivity index (χ3n) is 2.20. The second kappa shape index (κ2) is 2.75. The van der Waals surface area contributed by atoms with Crippen LogP contribution in [0.5, 0.6) is 0 Å². The Morgan fingerprint density at radius 2 is 2.27 bits per heavy atom. The molecular formula is C6H11BO4. The summed E-state index contributed by atoms with van der Waals surface area (Å²) < 4.78 is 15.6. The second-order valence-corrected chi connectivity index (χ2v) is 2.99. The molecule has 0 aliphatic carbocycles. The summed E-state index contributed by atoms with van der Waals surface area (Å²) in [7, 11) is 1.84. The lowest BCUT2D eigenvalue weighted by Crippen LogP contribution is -2.41. The quantitative estimate of drug-likeness (QED) is 0.417. The molecule has 0 aromatic heterocycles. The van der Waals surface area contributed by atoms with Gasteiger partial charge in [0.1, 0.15) is 33.0 Å². The molecule has 2 rings (SSSR count). The van der Waals surface area contributed by atoms with E-state index in [9.17, 15) is 5.11 Å². The van der Waals surface area contributed by atoms with E-state index < -0.39 is 6.10 Å². The summed E-state index contributed by atoms with van der Waals surface area (Å²) in [5, 5.41) is 9.49. The molecule has 2 fully saturated rings. The van der Waals surface area contributed by atoms with Crippen molar-refractivity contribution in [3.05, 3.63) is 0 Å². The van der Waals surface area contributed by atoms with E-state index >= 15 is 0 Å². The van der Waals surface area contributed by atoms with Gasteiger partial charge in [0.2, 0.25) is 0 Å². The third kappa shape index (κ3) is 1.18. The topological polar surface area (TPSA) is 47.9 Å². The first-order valence-corrected chi connectivity index (χ1v) is 3.82. The van der Waals surface area contributed by atoms with E-state index in [2.05, 4.69) is 0 Å². The van der Waals surface area contributed by atoms with Gasteiger partial charge in [-0.3, -0.25) is 0 Å². The fourth-order valence-electron chi connectivity index (χ4n) is 1.55. The maximum atomic E-state index is 9.49. The van der Waals surface area contributed by atoms with E-state index in [0.29, 0.717) is 6.61 Å². The van der Waals surface area contributed by atoms with Crippen molar-refractivity contribution in [2.24, 2.45) is 0 Å². The Morgan fingerprint density at radius 3 is 3.00 bits per heavy atom. The summed E-state index contributed by atoms with van der Waals surface area (Å²) in [6, 6.07) is -0.133. The van der Waals surface area contributed by atoms with Crippen LogP contribution in [0.3, 0.4) is 0 Å². The van der Waals surface area contributed by atoms with Crippen molar-refractivity contribution in [3.63, 3.8) is 0 Å². The van der Waals surface area contributed by atoms with Gasteiger partial charge in [-0.25, -0.2) is 0 Å². The monoisotopic (exact) mass is 158 g/mol.